The maximum atomic E-state index is 7.13. The molecule has 1 fully saturated rings. The molecule has 4 aromatic carbocycles. The normalized spacial score (nSPS) is 21.5. The van der Waals surface area contributed by atoms with Crippen molar-refractivity contribution in [3.8, 4) is 0 Å². The van der Waals surface area contributed by atoms with Crippen LogP contribution in [0.1, 0.15) is 26.7 Å². The highest BCUT2D eigenvalue weighted by molar-refractivity contribution is 7.69. The van der Waals surface area contributed by atoms with Gasteiger partial charge in [-0.1, -0.05) is 135 Å². The zero-order valence-electron chi connectivity index (χ0n) is 21.4. The summed E-state index contributed by atoms with van der Waals surface area (Å²) in [4.78, 5) is 0. The Morgan fingerprint density at radius 1 is 0.486 bits per heavy atom. The van der Waals surface area contributed by atoms with Crippen molar-refractivity contribution in [3.63, 3.8) is 0 Å². The summed E-state index contributed by atoms with van der Waals surface area (Å²) in [5.74, 6) is 0. The molecule has 190 valence electrons. The second-order valence-electron chi connectivity index (χ2n) is 9.10. The van der Waals surface area contributed by atoms with E-state index in [0.29, 0.717) is 0 Å². The fourth-order valence-electron chi connectivity index (χ4n) is 4.75. The number of ether oxygens (including phenoxy) is 1. The van der Waals surface area contributed by atoms with E-state index in [2.05, 4.69) is 135 Å². The molecule has 0 amide bonds. The van der Waals surface area contributed by atoms with Gasteiger partial charge >= 0.3 is 0 Å². The van der Waals surface area contributed by atoms with Crippen LogP contribution in [0.5, 0.6) is 0 Å². The van der Waals surface area contributed by atoms with Crippen molar-refractivity contribution in [1.82, 2.24) is 0 Å². The van der Waals surface area contributed by atoms with Gasteiger partial charge in [0.1, 0.15) is 12.2 Å². The Labute approximate surface area is 223 Å². The highest BCUT2D eigenvalue weighted by Crippen LogP contribution is 2.47. The van der Waals surface area contributed by atoms with Gasteiger partial charge in [-0.05, 0) is 12.8 Å². The summed E-state index contributed by atoms with van der Waals surface area (Å²) < 4.78 is 20.9. The van der Waals surface area contributed by atoms with Crippen molar-refractivity contribution >= 4 is 37.5 Å². The van der Waals surface area contributed by atoms with Crippen LogP contribution in [0.15, 0.2) is 121 Å². The summed E-state index contributed by atoms with van der Waals surface area (Å²) in [5, 5.41) is 4.80. The molecule has 3 nitrogen and oxygen atoms in total. The standard InChI is InChI=1S/C32H34O3P2/c1-3-29-31(34-36(25-17-9-5-10-18-25)26-19-11-6-12-20-26)32(30(4-2)33-29)35-37(27-21-13-7-14-22-27)28-23-15-8-16-24-28/h5-24,29-32H,3-4H2,1-2H3/t29-,30-,31+,32+/m0/s1. The van der Waals surface area contributed by atoms with Gasteiger partial charge in [0.05, 0.1) is 28.5 Å². The van der Waals surface area contributed by atoms with Crippen LogP contribution in [0.4, 0.5) is 0 Å². The van der Waals surface area contributed by atoms with E-state index in [1.165, 1.54) is 21.2 Å². The van der Waals surface area contributed by atoms with Crippen LogP contribution in [0.2, 0.25) is 0 Å². The van der Waals surface area contributed by atoms with Crippen LogP contribution < -0.4 is 21.2 Å². The van der Waals surface area contributed by atoms with E-state index in [-0.39, 0.29) is 24.4 Å². The maximum Gasteiger partial charge on any atom is 0.118 e. The van der Waals surface area contributed by atoms with Gasteiger partial charge in [-0.25, -0.2) is 0 Å². The van der Waals surface area contributed by atoms with Crippen molar-refractivity contribution in [2.75, 3.05) is 0 Å². The minimum Gasteiger partial charge on any atom is -0.369 e. The van der Waals surface area contributed by atoms with Gasteiger partial charge in [0.25, 0.3) is 0 Å². The second kappa shape index (κ2) is 12.9. The quantitative estimate of drug-likeness (QED) is 0.222. The molecule has 5 heteroatoms. The fourth-order valence-corrected chi connectivity index (χ4v) is 8.61. The lowest BCUT2D eigenvalue weighted by Gasteiger charge is -2.31. The van der Waals surface area contributed by atoms with Crippen molar-refractivity contribution in [3.05, 3.63) is 121 Å². The lowest BCUT2D eigenvalue weighted by molar-refractivity contribution is 0.0115. The highest BCUT2D eigenvalue weighted by Gasteiger charge is 2.47. The molecule has 4 atom stereocenters. The van der Waals surface area contributed by atoms with Crippen molar-refractivity contribution < 1.29 is 13.8 Å². The van der Waals surface area contributed by atoms with E-state index >= 15 is 0 Å². The smallest absolute Gasteiger partial charge is 0.118 e. The summed E-state index contributed by atoms with van der Waals surface area (Å²) >= 11 is 0. The average molecular weight is 529 g/mol. The summed E-state index contributed by atoms with van der Waals surface area (Å²) in [5.41, 5.74) is 0. The lowest BCUT2D eigenvalue weighted by Crippen LogP contribution is -2.38. The Hall–Kier alpha value is -2.38. The summed E-state index contributed by atoms with van der Waals surface area (Å²) in [6, 6.07) is 42.3. The number of hydrogen-bond donors (Lipinski definition) is 0. The number of benzene rings is 4. The summed E-state index contributed by atoms with van der Waals surface area (Å²) in [6.07, 6.45) is 1.38. The van der Waals surface area contributed by atoms with Crippen LogP contribution in [0.3, 0.4) is 0 Å². The molecule has 0 saturated carbocycles. The maximum absolute atomic E-state index is 7.13. The van der Waals surface area contributed by atoms with E-state index in [0.717, 1.165) is 12.8 Å². The first-order valence-corrected chi connectivity index (χ1v) is 15.6. The van der Waals surface area contributed by atoms with Gasteiger partial charge in [0.2, 0.25) is 0 Å². The van der Waals surface area contributed by atoms with Gasteiger partial charge in [0, 0.05) is 21.2 Å². The van der Waals surface area contributed by atoms with E-state index in [1.807, 2.05) is 0 Å². The molecular weight excluding hydrogens is 494 g/mol. The first-order valence-electron chi connectivity index (χ1n) is 13.1. The predicted octanol–water partition coefficient (Wildman–Crippen LogP) is 6.44. The molecule has 5 rings (SSSR count). The van der Waals surface area contributed by atoms with E-state index < -0.39 is 16.3 Å². The third-order valence-corrected chi connectivity index (χ3v) is 10.6. The van der Waals surface area contributed by atoms with Gasteiger partial charge < -0.3 is 13.8 Å². The third kappa shape index (κ3) is 6.20. The first-order chi connectivity index (χ1) is 18.3. The molecule has 0 bridgehead atoms. The summed E-state index contributed by atoms with van der Waals surface area (Å²) in [7, 11) is -2.06. The van der Waals surface area contributed by atoms with Gasteiger partial charge in [-0.3, -0.25) is 0 Å². The van der Waals surface area contributed by atoms with Crippen molar-refractivity contribution in [2.24, 2.45) is 0 Å². The Kier molecular flexibility index (Phi) is 9.16. The third-order valence-electron chi connectivity index (χ3n) is 6.63. The number of hydrogen-bond acceptors (Lipinski definition) is 3. The van der Waals surface area contributed by atoms with Crippen LogP contribution in [0, 0.1) is 0 Å². The molecule has 37 heavy (non-hydrogen) atoms. The SMILES string of the molecule is CC[C@@H]1O[C@@H](CC)[C@@H](OP(c2ccccc2)c2ccccc2)[C@@H]1OP(c1ccccc1)c1ccccc1. The van der Waals surface area contributed by atoms with Crippen LogP contribution >= 0.6 is 16.3 Å². The molecule has 1 heterocycles. The monoisotopic (exact) mass is 528 g/mol. The van der Waals surface area contributed by atoms with Crippen molar-refractivity contribution in [1.29, 1.82) is 0 Å². The second-order valence-corrected chi connectivity index (χ2v) is 12.8. The minimum atomic E-state index is -1.03. The predicted molar refractivity (Wildman–Crippen MR) is 157 cm³/mol. The van der Waals surface area contributed by atoms with Crippen LogP contribution in [-0.4, -0.2) is 24.4 Å². The molecule has 0 radical (unpaired) electrons. The average Bonchev–Trinajstić information content (AvgIpc) is 3.32. The van der Waals surface area contributed by atoms with E-state index in [4.69, 9.17) is 13.8 Å². The van der Waals surface area contributed by atoms with Crippen LogP contribution in [-0.2, 0) is 13.8 Å². The van der Waals surface area contributed by atoms with Crippen molar-refractivity contribution in [2.45, 2.75) is 51.1 Å². The molecular formula is C32H34O3P2. The van der Waals surface area contributed by atoms with Gasteiger partial charge in [-0.15, -0.1) is 0 Å². The first kappa shape index (κ1) is 26.2. The molecule has 1 saturated heterocycles. The molecule has 1 aliphatic rings. The molecule has 0 spiro atoms. The lowest BCUT2D eigenvalue weighted by atomic mass is 10.1. The Balaban J connectivity index is 1.51. The van der Waals surface area contributed by atoms with E-state index in [1.54, 1.807) is 0 Å². The number of rotatable bonds is 10. The van der Waals surface area contributed by atoms with Gasteiger partial charge in [-0.2, -0.15) is 0 Å². The zero-order valence-corrected chi connectivity index (χ0v) is 23.2. The topological polar surface area (TPSA) is 27.7 Å². The molecule has 0 unspecified atom stereocenters. The highest BCUT2D eigenvalue weighted by atomic mass is 31.1. The molecule has 0 aromatic heterocycles. The van der Waals surface area contributed by atoms with Crippen LogP contribution in [0.25, 0.3) is 0 Å². The Morgan fingerprint density at radius 2 is 0.757 bits per heavy atom. The Morgan fingerprint density at radius 3 is 1.00 bits per heavy atom. The molecule has 0 N–H and O–H groups in total. The summed E-state index contributed by atoms with van der Waals surface area (Å²) in [6.45, 7) is 4.36. The van der Waals surface area contributed by atoms with Gasteiger partial charge in [0.15, 0.2) is 0 Å². The molecule has 1 aliphatic heterocycles. The largest absolute Gasteiger partial charge is 0.369 e. The van der Waals surface area contributed by atoms with E-state index in [9.17, 15) is 0 Å². The fraction of sp³-hybridized carbons (Fsp3) is 0.250. The Bertz CT molecular complexity index is 1030. The minimum absolute atomic E-state index is 0.0178. The molecule has 4 aromatic rings. The zero-order chi connectivity index (χ0) is 25.5. The molecule has 0 aliphatic carbocycles.